The largest absolute Gasteiger partial charge is 0.394 e. The molecule has 0 spiro atoms. The highest BCUT2D eigenvalue weighted by atomic mass is 35.5. The molecule has 2 rings (SSSR count). The molecule has 0 bridgehead atoms. The smallest absolute Gasteiger partial charge is 0.0745 e. The lowest BCUT2D eigenvalue weighted by atomic mass is 9.97. The van der Waals surface area contributed by atoms with Crippen LogP contribution in [0.5, 0.6) is 0 Å². The quantitative estimate of drug-likeness (QED) is 0.868. The summed E-state index contributed by atoms with van der Waals surface area (Å²) >= 11 is 6.14. The van der Waals surface area contributed by atoms with Gasteiger partial charge in [-0.05, 0) is 32.5 Å². The minimum Gasteiger partial charge on any atom is -0.394 e. The standard InChI is InChI=1S/C13H19ClN2O/c1-10-7-13(9-17,8-16(10)2)15-12-6-4-3-5-11(12)14/h3-6,10,15,17H,7-9H2,1-2H3. The lowest BCUT2D eigenvalue weighted by molar-refractivity contribution is 0.212. The van der Waals surface area contributed by atoms with Crippen LogP contribution in [0.15, 0.2) is 24.3 Å². The lowest BCUT2D eigenvalue weighted by Gasteiger charge is -2.29. The fourth-order valence-corrected chi connectivity index (χ4v) is 2.69. The van der Waals surface area contributed by atoms with Crippen molar-refractivity contribution >= 4 is 17.3 Å². The maximum Gasteiger partial charge on any atom is 0.0745 e. The number of anilines is 1. The average molecular weight is 255 g/mol. The summed E-state index contributed by atoms with van der Waals surface area (Å²) in [5.74, 6) is 0. The first-order chi connectivity index (χ1) is 8.06. The van der Waals surface area contributed by atoms with E-state index in [-0.39, 0.29) is 12.1 Å². The van der Waals surface area contributed by atoms with E-state index in [2.05, 4.69) is 24.2 Å². The summed E-state index contributed by atoms with van der Waals surface area (Å²) in [6, 6.07) is 8.13. The molecule has 0 aromatic heterocycles. The number of aliphatic hydroxyl groups excluding tert-OH is 1. The molecule has 2 N–H and O–H groups in total. The van der Waals surface area contributed by atoms with Crippen LogP contribution in [0.25, 0.3) is 0 Å². The zero-order valence-corrected chi connectivity index (χ0v) is 11.0. The number of rotatable bonds is 3. The van der Waals surface area contributed by atoms with E-state index in [9.17, 15) is 5.11 Å². The Hall–Kier alpha value is -0.770. The fraction of sp³-hybridized carbons (Fsp3) is 0.538. The number of para-hydroxylation sites is 1. The molecule has 0 aliphatic carbocycles. The number of nitrogens with one attached hydrogen (secondary N) is 1. The first-order valence-corrected chi connectivity index (χ1v) is 6.28. The molecule has 1 heterocycles. The number of likely N-dealkylation sites (tertiary alicyclic amines) is 1. The van der Waals surface area contributed by atoms with Gasteiger partial charge in [-0.15, -0.1) is 0 Å². The molecule has 94 valence electrons. The van der Waals surface area contributed by atoms with Gasteiger partial charge in [-0.2, -0.15) is 0 Å². The molecule has 2 unspecified atom stereocenters. The molecule has 1 aromatic carbocycles. The van der Waals surface area contributed by atoms with Gasteiger partial charge in [-0.1, -0.05) is 23.7 Å². The van der Waals surface area contributed by atoms with Gasteiger partial charge in [0, 0.05) is 12.6 Å². The first-order valence-electron chi connectivity index (χ1n) is 5.90. The number of benzene rings is 1. The molecular weight excluding hydrogens is 236 g/mol. The molecule has 0 amide bonds. The van der Waals surface area contributed by atoms with E-state index in [1.807, 2.05) is 24.3 Å². The third-order valence-electron chi connectivity index (χ3n) is 3.57. The van der Waals surface area contributed by atoms with Gasteiger partial charge in [0.15, 0.2) is 0 Å². The van der Waals surface area contributed by atoms with Gasteiger partial charge >= 0.3 is 0 Å². The molecule has 17 heavy (non-hydrogen) atoms. The molecule has 3 nitrogen and oxygen atoms in total. The van der Waals surface area contributed by atoms with E-state index in [4.69, 9.17) is 11.6 Å². The van der Waals surface area contributed by atoms with Gasteiger partial charge in [0.1, 0.15) is 0 Å². The highest BCUT2D eigenvalue weighted by molar-refractivity contribution is 6.33. The number of likely N-dealkylation sites (N-methyl/N-ethyl adjacent to an activating group) is 1. The van der Waals surface area contributed by atoms with Crippen molar-refractivity contribution in [2.75, 3.05) is 25.5 Å². The normalized spacial score (nSPS) is 29.5. The maximum absolute atomic E-state index is 9.67. The molecule has 1 aliphatic rings. The third-order valence-corrected chi connectivity index (χ3v) is 3.90. The molecule has 0 radical (unpaired) electrons. The average Bonchev–Trinajstić information content (AvgIpc) is 2.59. The van der Waals surface area contributed by atoms with Crippen LogP contribution in [0, 0.1) is 0 Å². The Morgan fingerprint density at radius 2 is 2.24 bits per heavy atom. The Morgan fingerprint density at radius 1 is 1.53 bits per heavy atom. The van der Waals surface area contributed by atoms with Gasteiger partial charge < -0.3 is 15.3 Å². The maximum atomic E-state index is 9.67. The number of nitrogens with zero attached hydrogens (tertiary/aromatic N) is 1. The highest BCUT2D eigenvalue weighted by Crippen LogP contribution is 2.31. The van der Waals surface area contributed by atoms with E-state index in [1.54, 1.807) is 0 Å². The van der Waals surface area contributed by atoms with Crippen molar-refractivity contribution in [3.05, 3.63) is 29.3 Å². The summed E-state index contributed by atoms with van der Waals surface area (Å²) < 4.78 is 0. The monoisotopic (exact) mass is 254 g/mol. The van der Waals surface area contributed by atoms with Crippen LogP contribution < -0.4 is 5.32 Å². The van der Waals surface area contributed by atoms with Crippen molar-refractivity contribution in [1.82, 2.24) is 4.90 Å². The highest BCUT2D eigenvalue weighted by Gasteiger charge is 2.40. The third kappa shape index (κ3) is 2.57. The van der Waals surface area contributed by atoms with Crippen LogP contribution in [-0.2, 0) is 0 Å². The molecule has 1 fully saturated rings. The number of halogens is 1. The summed E-state index contributed by atoms with van der Waals surface area (Å²) in [4.78, 5) is 2.25. The number of aliphatic hydroxyl groups is 1. The van der Waals surface area contributed by atoms with Crippen LogP contribution in [-0.4, -0.2) is 41.8 Å². The van der Waals surface area contributed by atoms with Gasteiger partial charge in [0.05, 0.1) is 22.9 Å². The Balaban J connectivity index is 2.19. The first kappa shape index (κ1) is 12.7. The summed E-state index contributed by atoms with van der Waals surface area (Å²) in [6.45, 7) is 3.12. The van der Waals surface area contributed by atoms with E-state index >= 15 is 0 Å². The van der Waals surface area contributed by atoms with E-state index < -0.39 is 0 Å². The minimum absolute atomic E-state index is 0.118. The summed E-state index contributed by atoms with van der Waals surface area (Å²) in [5, 5.41) is 13.8. The van der Waals surface area contributed by atoms with Crippen LogP contribution in [0.1, 0.15) is 13.3 Å². The van der Waals surface area contributed by atoms with Gasteiger partial charge in [0.2, 0.25) is 0 Å². The second-order valence-electron chi connectivity index (χ2n) is 5.01. The molecule has 4 heteroatoms. The zero-order valence-electron chi connectivity index (χ0n) is 10.3. The minimum atomic E-state index is -0.279. The van der Waals surface area contributed by atoms with Crippen molar-refractivity contribution < 1.29 is 5.11 Å². The number of hydrogen-bond acceptors (Lipinski definition) is 3. The Bertz CT molecular complexity index is 387. The second-order valence-corrected chi connectivity index (χ2v) is 5.42. The van der Waals surface area contributed by atoms with E-state index in [0.717, 1.165) is 18.7 Å². The van der Waals surface area contributed by atoms with Crippen molar-refractivity contribution in [2.45, 2.75) is 24.9 Å². The van der Waals surface area contributed by atoms with Crippen molar-refractivity contribution in [3.63, 3.8) is 0 Å². The van der Waals surface area contributed by atoms with Gasteiger partial charge in [-0.25, -0.2) is 0 Å². The molecule has 1 aliphatic heterocycles. The molecule has 1 aromatic rings. The Kier molecular flexibility index (Phi) is 3.61. The van der Waals surface area contributed by atoms with Crippen molar-refractivity contribution in [1.29, 1.82) is 0 Å². The van der Waals surface area contributed by atoms with Crippen LogP contribution in [0.4, 0.5) is 5.69 Å². The SMILES string of the molecule is CC1CC(CO)(Nc2ccccc2Cl)CN1C. The second kappa shape index (κ2) is 4.84. The fourth-order valence-electron chi connectivity index (χ4n) is 2.51. The van der Waals surface area contributed by atoms with Crippen molar-refractivity contribution in [3.8, 4) is 0 Å². The molecular formula is C13H19ClN2O. The van der Waals surface area contributed by atoms with Crippen molar-refractivity contribution in [2.24, 2.45) is 0 Å². The molecule has 2 atom stereocenters. The number of hydrogen-bond donors (Lipinski definition) is 2. The summed E-state index contributed by atoms with van der Waals surface area (Å²) in [5.41, 5.74) is 0.616. The predicted molar refractivity (Wildman–Crippen MR) is 71.6 cm³/mol. The lowest BCUT2D eigenvalue weighted by Crippen LogP contribution is -2.44. The predicted octanol–water partition coefficient (Wildman–Crippen LogP) is 2.21. The molecule has 0 saturated carbocycles. The zero-order chi connectivity index (χ0) is 12.5. The Labute approximate surface area is 107 Å². The molecule has 1 saturated heterocycles. The summed E-state index contributed by atoms with van der Waals surface area (Å²) in [7, 11) is 2.08. The van der Waals surface area contributed by atoms with E-state index in [1.165, 1.54) is 0 Å². The van der Waals surface area contributed by atoms with Crippen LogP contribution in [0.2, 0.25) is 5.02 Å². The van der Waals surface area contributed by atoms with E-state index in [0.29, 0.717) is 11.1 Å². The van der Waals surface area contributed by atoms with Crippen LogP contribution in [0.3, 0.4) is 0 Å². The Morgan fingerprint density at radius 3 is 2.76 bits per heavy atom. The topological polar surface area (TPSA) is 35.5 Å². The van der Waals surface area contributed by atoms with Gasteiger partial charge in [-0.3, -0.25) is 0 Å². The van der Waals surface area contributed by atoms with Crippen LogP contribution >= 0.6 is 11.6 Å². The van der Waals surface area contributed by atoms with Gasteiger partial charge in [0.25, 0.3) is 0 Å². The summed E-state index contributed by atoms with van der Waals surface area (Å²) in [6.07, 6.45) is 0.922.